The number of carbonyl (C=O) groups is 1. The molecule has 0 atom stereocenters. The zero-order valence-electron chi connectivity index (χ0n) is 13.7. The van der Waals surface area contributed by atoms with Gasteiger partial charge in [-0.15, -0.1) is 0 Å². The van der Waals surface area contributed by atoms with E-state index in [1.165, 1.54) is 0 Å². The molecular formula is C19H19N3O2. The Kier molecular flexibility index (Phi) is 4.61. The van der Waals surface area contributed by atoms with Crippen LogP contribution in [0, 0.1) is 13.8 Å². The molecule has 0 radical (unpaired) electrons. The van der Waals surface area contributed by atoms with E-state index in [1.807, 2.05) is 44.2 Å². The molecular weight excluding hydrogens is 302 g/mol. The van der Waals surface area contributed by atoms with Crippen LogP contribution in [-0.4, -0.2) is 10.9 Å². The summed E-state index contributed by atoms with van der Waals surface area (Å²) in [5.41, 5.74) is 4.19. The number of carbonyl (C=O) groups excluding carboxylic acids is 1. The number of hydrogen-bond acceptors (Lipinski definition) is 4. The molecule has 1 amide bonds. The van der Waals surface area contributed by atoms with Crippen LogP contribution in [0.2, 0.25) is 0 Å². The van der Waals surface area contributed by atoms with Gasteiger partial charge in [0.1, 0.15) is 11.5 Å². The van der Waals surface area contributed by atoms with Crippen LogP contribution in [0.4, 0.5) is 11.4 Å². The van der Waals surface area contributed by atoms with Crippen molar-refractivity contribution < 1.29 is 9.21 Å². The van der Waals surface area contributed by atoms with Crippen molar-refractivity contribution in [1.82, 2.24) is 4.98 Å². The maximum absolute atomic E-state index is 12.3. The molecule has 1 aromatic carbocycles. The van der Waals surface area contributed by atoms with Crippen LogP contribution >= 0.6 is 0 Å². The normalized spacial score (nSPS) is 10.4. The fourth-order valence-electron chi connectivity index (χ4n) is 2.48. The smallest absolute Gasteiger partial charge is 0.274 e. The largest absolute Gasteiger partial charge is 0.467 e. The number of furan rings is 1. The maximum atomic E-state index is 12.3. The van der Waals surface area contributed by atoms with Gasteiger partial charge >= 0.3 is 0 Å². The van der Waals surface area contributed by atoms with Crippen LogP contribution in [0.25, 0.3) is 0 Å². The number of nitrogens with one attached hydrogen (secondary N) is 2. The van der Waals surface area contributed by atoms with E-state index in [4.69, 9.17) is 4.42 Å². The highest BCUT2D eigenvalue weighted by atomic mass is 16.3. The van der Waals surface area contributed by atoms with Gasteiger partial charge in [0.25, 0.3) is 5.91 Å². The molecule has 0 fully saturated rings. The molecule has 2 N–H and O–H groups in total. The quantitative estimate of drug-likeness (QED) is 0.740. The first kappa shape index (κ1) is 15.8. The Morgan fingerprint density at radius 1 is 1.08 bits per heavy atom. The van der Waals surface area contributed by atoms with E-state index in [-0.39, 0.29) is 5.91 Å². The van der Waals surface area contributed by atoms with Crippen LogP contribution in [0.5, 0.6) is 0 Å². The van der Waals surface area contributed by atoms with Crippen LogP contribution in [-0.2, 0) is 6.54 Å². The number of hydrogen-bond donors (Lipinski definition) is 2. The highest BCUT2D eigenvalue weighted by Crippen LogP contribution is 2.15. The first-order valence-corrected chi connectivity index (χ1v) is 7.72. The number of aryl methyl sites for hydroxylation is 2. The predicted molar refractivity (Wildman–Crippen MR) is 94.1 cm³/mol. The van der Waals surface area contributed by atoms with Gasteiger partial charge in [-0.1, -0.05) is 6.07 Å². The summed E-state index contributed by atoms with van der Waals surface area (Å²) in [6.07, 6.45) is 3.27. The lowest BCUT2D eigenvalue weighted by Crippen LogP contribution is -2.14. The van der Waals surface area contributed by atoms with E-state index >= 15 is 0 Å². The van der Waals surface area contributed by atoms with E-state index < -0.39 is 0 Å². The van der Waals surface area contributed by atoms with Gasteiger partial charge in [-0.3, -0.25) is 4.79 Å². The summed E-state index contributed by atoms with van der Waals surface area (Å²) >= 11 is 0. The molecule has 5 nitrogen and oxygen atoms in total. The predicted octanol–water partition coefficient (Wildman–Crippen LogP) is 4.16. The molecule has 0 saturated carbocycles. The average molecular weight is 321 g/mol. The highest BCUT2D eigenvalue weighted by Gasteiger charge is 2.08. The van der Waals surface area contributed by atoms with E-state index in [0.29, 0.717) is 12.2 Å². The topological polar surface area (TPSA) is 67.2 Å². The standard InChI is InChI=1S/C19H19N3O2/c1-13-8-14(2)10-16(9-13)22-19(23)18-6-5-15(11-21-18)20-12-17-4-3-7-24-17/h3-11,20H,12H2,1-2H3,(H,22,23). The number of rotatable bonds is 5. The molecule has 2 aromatic heterocycles. The van der Waals surface area contributed by atoms with Gasteiger partial charge in [-0.2, -0.15) is 0 Å². The van der Waals surface area contributed by atoms with Crippen LogP contribution in [0.1, 0.15) is 27.4 Å². The SMILES string of the molecule is Cc1cc(C)cc(NC(=O)c2ccc(NCc3ccco3)cn2)c1. The molecule has 24 heavy (non-hydrogen) atoms. The third kappa shape index (κ3) is 4.01. The van der Waals surface area contributed by atoms with E-state index in [0.717, 1.165) is 28.3 Å². The minimum absolute atomic E-state index is 0.224. The van der Waals surface area contributed by atoms with Gasteiger partial charge in [0.05, 0.1) is 24.7 Å². The molecule has 2 heterocycles. The van der Waals surface area contributed by atoms with Crippen molar-refractivity contribution in [2.45, 2.75) is 20.4 Å². The number of aromatic nitrogens is 1. The molecule has 5 heteroatoms. The third-order valence-electron chi connectivity index (χ3n) is 3.52. The lowest BCUT2D eigenvalue weighted by atomic mass is 10.1. The van der Waals surface area contributed by atoms with Gasteiger partial charge in [0.2, 0.25) is 0 Å². The Labute approximate surface area is 140 Å². The lowest BCUT2D eigenvalue weighted by Gasteiger charge is -2.08. The minimum Gasteiger partial charge on any atom is -0.467 e. The van der Waals surface area contributed by atoms with Gasteiger partial charge in [-0.05, 0) is 61.4 Å². The first-order valence-electron chi connectivity index (χ1n) is 7.72. The monoisotopic (exact) mass is 321 g/mol. The Hall–Kier alpha value is -3.08. The maximum Gasteiger partial charge on any atom is 0.274 e. The Balaban J connectivity index is 1.63. The van der Waals surface area contributed by atoms with Crippen LogP contribution in [0.15, 0.2) is 59.3 Å². The summed E-state index contributed by atoms with van der Waals surface area (Å²) in [7, 11) is 0. The molecule has 3 aromatic rings. The van der Waals surface area contributed by atoms with E-state index in [2.05, 4.69) is 21.7 Å². The van der Waals surface area contributed by atoms with Crippen molar-refractivity contribution in [3.63, 3.8) is 0 Å². The Bertz CT molecular complexity index is 804. The molecule has 3 rings (SSSR count). The summed E-state index contributed by atoms with van der Waals surface area (Å²) in [5, 5.41) is 6.07. The Morgan fingerprint density at radius 2 is 1.88 bits per heavy atom. The van der Waals surface area contributed by atoms with Crippen molar-refractivity contribution in [2.75, 3.05) is 10.6 Å². The number of nitrogens with zero attached hydrogens (tertiary/aromatic N) is 1. The molecule has 0 aliphatic carbocycles. The molecule has 0 saturated heterocycles. The number of anilines is 2. The molecule has 0 aliphatic rings. The summed E-state index contributed by atoms with van der Waals surface area (Å²) < 4.78 is 5.26. The van der Waals surface area contributed by atoms with Gasteiger partial charge < -0.3 is 15.1 Å². The number of pyridine rings is 1. The Morgan fingerprint density at radius 3 is 2.50 bits per heavy atom. The van der Waals surface area contributed by atoms with Crippen molar-refractivity contribution >= 4 is 17.3 Å². The fraction of sp³-hybridized carbons (Fsp3) is 0.158. The van der Waals surface area contributed by atoms with Crippen molar-refractivity contribution in [1.29, 1.82) is 0 Å². The van der Waals surface area contributed by atoms with Gasteiger partial charge in [-0.25, -0.2) is 4.98 Å². The summed E-state index contributed by atoms with van der Waals surface area (Å²) in [6.45, 7) is 4.57. The fourth-order valence-corrected chi connectivity index (χ4v) is 2.48. The lowest BCUT2D eigenvalue weighted by molar-refractivity contribution is 0.102. The van der Waals surface area contributed by atoms with Crippen LogP contribution in [0.3, 0.4) is 0 Å². The second-order valence-electron chi connectivity index (χ2n) is 5.70. The minimum atomic E-state index is -0.224. The van der Waals surface area contributed by atoms with Gasteiger partial charge in [0.15, 0.2) is 0 Å². The molecule has 0 bridgehead atoms. The zero-order chi connectivity index (χ0) is 16.9. The summed E-state index contributed by atoms with van der Waals surface area (Å²) in [5.74, 6) is 0.615. The number of benzene rings is 1. The second kappa shape index (κ2) is 7.00. The van der Waals surface area contributed by atoms with Crippen molar-refractivity contribution in [3.8, 4) is 0 Å². The molecule has 122 valence electrons. The molecule has 0 unspecified atom stereocenters. The molecule has 0 aliphatic heterocycles. The first-order chi connectivity index (χ1) is 11.6. The molecule has 0 spiro atoms. The van der Waals surface area contributed by atoms with E-state index in [9.17, 15) is 4.79 Å². The summed E-state index contributed by atoms with van der Waals surface area (Å²) in [6, 6.07) is 13.2. The average Bonchev–Trinajstić information content (AvgIpc) is 3.06. The second-order valence-corrected chi connectivity index (χ2v) is 5.70. The van der Waals surface area contributed by atoms with Gasteiger partial charge in [0, 0.05) is 5.69 Å². The third-order valence-corrected chi connectivity index (χ3v) is 3.52. The van der Waals surface area contributed by atoms with Crippen molar-refractivity contribution in [3.05, 3.63) is 77.5 Å². The summed E-state index contributed by atoms with van der Waals surface area (Å²) in [4.78, 5) is 16.5. The number of amides is 1. The zero-order valence-corrected chi connectivity index (χ0v) is 13.7. The highest BCUT2D eigenvalue weighted by molar-refractivity contribution is 6.03. The van der Waals surface area contributed by atoms with E-state index in [1.54, 1.807) is 18.5 Å². The van der Waals surface area contributed by atoms with Crippen LogP contribution < -0.4 is 10.6 Å². The van der Waals surface area contributed by atoms with Crippen molar-refractivity contribution in [2.24, 2.45) is 0 Å².